The summed E-state index contributed by atoms with van der Waals surface area (Å²) >= 11 is 0. The van der Waals surface area contributed by atoms with Gasteiger partial charge in [-0.3, -0.25) is 9.59 Å². The molecule has 1 unspecified atom stereocenters. The first kappa shape index (κ1) is 18.0. The van der Waals surface area contributed by atoms with Crippen LogP contribution >= 0.6 is 0 Å². The Balaban J connectivity index is 1.85. The van der Waals surface area contributed by atoms with Crippen molar-refractivity contribution in [3.63, 3.8) is 0 Å². The molecule has 1 atom stereocenters. The number of amides is 1. The van der Waals surface area contributed by atoms with Gasteiger partial charge < -0.3 is 14.4 Å². The summed E-state index contributed by atoms with van der Waals surface area (Å²) in [5.74, 6) is -1.36. The van der Waals surface area contributed by atoms with Crippen molar-refractivity contribution in [2.24, 2.45) is 0 Å². The van der Waals surface area contributed by atoms with Crippen molar-refractivity contribution in [1.29, 1.82) is 0 Å². The lowest BCUT2D eigenvalue weighted by Gasteiger charge is -2.27. The molecule has 1 aliphatic heterocycles. The summed E-state index contributed by atoms with van der Waals surface area (Å²) in [4.78, 5) is 27.6. The highest BCUT2D eigenvalue weighted by Gasteiger charge is 2.44. The van der Waals surface area contributed by atoms with E-state index >= 15 is 0 Å². The van der Waals surface area contributed by atoms with Crippen molar-refractivity contribution in [3.05, 3.63) is 82.8 Å². The molecule has 5 heteroatoms. The highest BCUT2D eigenvalue weighted by Crippen LogP contribution is 2.40. The lowest BCUT2D eigenvalue weighted by Crippen LogP contribution is -2.32. The van der Waals surface area contributed by atoms with Crippen LogP contribution < -0.4 is 0 Å². The van der Waals surface area contributed by atoms with Gasteiger partial charge in [-0.15, -0.1) is 0 Å². The smallest absolute Gasteiger partial charge is 0.290 e. The number of para-hydroxylation sites is 1. The predicted molar refractivity (Wildman–Crippen MR) is 106 cm³/mol. The summed E-state index contributed by atoms with van der Waals surface area (Å²) in [7, 11) is 0. The van der Waals surface area contributed by atoms with E-state index in [1.54, 1.807) is 17.0 Å². The fraction of sp³-hybridized carbons (Fsp3) is 0.217. The Bertz CT molecular complexity index is 1080. The van der Waals surface area contributed by atoms with E-state index in [0.29, 0.717) is 18.5 Å². The van der Waals surface area contributed by atoms with Gasteiger partial charge in [0.05, 0.1) is 11.6 Å². The second-order valence-electron chi connectivity index (χ2n) is 7.00. The standard InChI is InChI=1S/C23H21NO4/c1-3-12-24-20(16-10-6-4-8-14(16)2)19(22(26)23(24)27)21(25)18-13-15-9-5-7-11-17(15)28-18/h4-11,13,20,26H,3,12H2,1-2H3. The van der Waals surface area contributed by atoms with Crippen LogP contribution in [-0.2, 0) is 4.79 Å². The molecule has 0 spiro atoms. The van der Waals surface area contributed by atoms with Crippen molar-refractivity contribution in [2.75, 3.05) is 6.54 Å². The molecule has 1 aromatic heterocycles. The maximum absolute atomic E-state index is 13.3. The topological polar surface area (TPSA) is 70.8 Å². The van der Waals surface area contributed by atoms with Crippen LogP contribution in [0.3, 0.4) is 0 Å². The van der Waals surface area contributed by atoms with E-state index in [1.807, 2.05) is 56.3 Å². The fourth-order valence-corrected chi connectivity index (χ4v) is 3.80. The Morgan fingerprint density at radius 3 is 2.57 bits per heavy atom. The van der Waals surface area contributed by atoms with Gasteiger partial charge in [-0.05, 0) is 36.6 Å². The number of aliphatic hydroxyl groups excluding tert-OH is 1. The van der Waals surface area contributed by atoms with Gasteiger partial charge >= 0.3 is 0 Å². The van der Waals surface area contributed by atoms with Gasteiger partial charge in [-0.25, -0.2) is 0 Å². The Morgan fingerprint density at radius 1 is 1.14 bits per heavy atom. The summed E-state index contributed by atoms with van der Waals surface area (Å²) < 4.78 is 5.71. The Labute approximate surface area is 162 Å². The summed E-state index contributed by atoms with van der Waals surface area (Å²) in [6.45, 7) is 4.33. The van der Waals surface area contributed by atoms with E-state index in [0.717, 1.165) is 16.5 Å². The van der Waals surface area contributed by atoms with Crippen LogP contribution in [0.15, 0.2) is 70.3 Å². The van der Waals surface area contributed by atoms with Gasteiger partial charge in [0.1, 0.15) is 5.58 Å². The molecule has 0 saturated heterocycles. The highest BCUT2D eigenvalue weighted by atomic mass is 16.3. The predicted octanol–water partition coefficient (Wildman–Crippen LogP) is 4.73. The molecule has 1 aliphatic rings. The third kappa shape index (κ3) is 2.80. The molecule has 28 heavy (non-hydrogen) atoms. The van der Waals surface area contributed by atoms with Crippen LogP contribution in [0.4, 0.5) is 0 Å². The molecule has 3 aromatic rings. The number of hydrogen-bond acceptors (Lipinski definition) is 4. The minimum atomic E-state index is -0.630. The van der Waals surface area contributed by atoms with Crippen LogP contribution in [0.1, 0.15) is 41.1 Å². The largest absolute Gasteiger partial charge is 0.503 e. The van der Waals surface area contributed by atoms with Crippen LogP contribution in [0.5, 0.6) is 0 Å². The minimum absolute atomic E-state index is 0.0757. The molecular formula is C23H21NO4. The highest BCUT2D eigenvalue weighted by molar-refractivity contribution is 6.16. The molecular weight excluding hydrogens is 354 g/mol. The quantitative estimate of drug-likeness (QED) is 0.655. The average Bonchev–Trinajstić information content (AvgIpc) is 3.23. The summed E-state index contributed by atoms with van der Waals surface area (Å²) in [6, 6.07) is 15.9. The number of aliphatic hydroxyl groups is 1. The third-order valence-electron chi connectivity index (χ3n) is 5.15. The molecule has 0 radical (unpaired) electrons. The van der Waals surface area contributed by atoms with Gasteiger partial charge in [0.2, 0.25) is 5.78 Å². The van der Waals surface area contributed by atoms with Crippen molar-refractivity contribution in [1.82, 2.24) is 4.90 Å². The van der Waals surface area contributed by atoms with Gasteiger partial charge in [-0.1, -0.05) is 49.4 Å². The summed E-state index contributed by atoms with van der Waals surface area (Å²) in [6.07, 6.45) is 0.716. The monoisotopic (exact) mass is 375 g/mol. The molecule has 0 bridgehead atoms. The Kier molecular flexibility index (Phi) is 4.51. The Morgan fingerprint density at radius 2 is 1.86 bits per heavy atom. The first-order valence-electron chi connectivity index (χ1n) is 9.35. The second kappa shape index (κ2) is 7.00. The van der Waals surface area contributed by atoms with Gasteiger partial charge in [0, 0.05) is 11.9 Å². The molecule has 1 amide bonds. The summed E-state index contributed by atoms with van der Waals surface area (Å²) in [5, 5.41) is 11.4. The number of carbonyl (C=O) groups excluding carboxylic acids is 2. The first-order chi connectivity index (χ1) is 13.5. The second-order valence-corrected chi connectivity index (χ2v) is 7.00. The number of ketones is 1. The minimum Gasteiger partial charge on any atom is -0.503 e. The molecule has 2 heterocycles. The molecule has 142 valence electrons. The number of Topliss-reactive ketones (excluding diaryl/α,β-unsaturated/α-hetero) is 1. The van der Waals surface area contributed by atoms with E-state index in [4.69, 9.17) is 4.42 Å². The SMILES string of the molecule is CCCN1C(=O)C(O)=C(C(=O)c2cc3ccccc3o2)C1c1ccccc1C. The number of furan rings is 1. The van der Waals surface area contributed by atoms with Crippen LogP contribution in [0.2, 0.25) is 0 Å². The van der Waals surface area contributed by atoms with E-state index in [-0.39, 0.29) is 11.3 Å². The molecule has 0 saturated carbocycles. The molecule has 0 aliphatic carbocycles. The Hall–Kier alpha value is -3.34. The lowest BCUT2D eigenvalue weighted by molar-refractivity contribution is -0.129. The maximum atomic E-state index is 13.3. The number of fused-ring (bicyclic) bond motifs is 1. The number of benzene rings is 2. The van der Waals surface area contributed by atoms with Gasteiger partial charge in [0.15, 0.2) is 11.5 Å². The van der Waals surface area contributed by atoms with E-state index in [2.05, 4.69) is 0 Å². The third-order valence-corrected chi connectivity index (χ3v) is 5.15. The zero-order valence-corrected chi connectivity index (χ0v) is 15.8. The summed E-state index contributed by atoms with van der Waals surface area (Å²) in [5.41, 5.74) is 2.44. The zero-order valence-electron chi connectivity index (χ0n) is 15.8. The van der Waals surface area contributed by atoms with E-state index in [1.165, 1.54) is 0 Å². The lowest BCUT2D eigenvalue weighted by atomic mass is 9.92. The van der Waals surface area contributed by atoms with Crippen LogP contribution in [-0.4, -0.2) is 28.2 Å². The van der Waals surface area contributed by atoms with Crippen LogP contribution in [0.25, 0.3) is 11.0 Å². The zero-order chi connectivity index (χ0) is 19.8. The first-order valence-corrected chi connectivity index (χ1v) is 9.35. The van der Waals surface area contributed by atoms with Crippen molar-refractivity contribution >= 4 is 22.7 Å². The normalized spacial score (nSPS) is 17.0. The number of aryl methyl sites for hydroxylation is 1. The maximum Gasteiger partial charge on any atom is 0.290 e. The number of nitrogens with zero attached hydrogens (tertiary/aromatic N) is 1. The fourth-order valence-electron chi connectivity index (χ4n) is 3.80. The van der Waals surface area contributed by atoms with Gasteiger partial charge in [-0.2, -0.15) is 0 Å². The number of hydrogen-bond donors (Lipinski definition) is 1. The molecule has 0 fully saturated rings. The molecule has 2 aromatic carbocycles. The van der Waals surface area contributed by atoms with Gasteiger partial charge in [0.25, 0.3) is 5.91 Å². The van der Waals surface area contributed by atoms with E-state index < -0.39 is 23.5 Å². The van der Waals surface area contributed by atoms with Crippen molar-refractivity contribution in [2.45, 2.75) is 26.3 Å². The number of carbonyl (C=O) groups is 2. The average molecular weight is 375 g/mol. The van der Waals surface area contributed by atoms with E-state index in [9.17, 15) is 14.7 Å². The van der Waals surface area contributed by atoms with Crippen molar-refractivity contribution < 1.29 is 19.1 Å². The molecule has 5 nitrogen and oxygen atoms in total. The molecule has 1 N–H and O–H groups in total. The van der Waals surface area contributed by atoms with Crippen LogP contribution in [0, 0.1) is 6.92 Å². The molecule has 4 rings (SSSR count). The number of rotatable bonds is 5. The van der Waals surface area contributed by atoms with Crippen molar-refractivity contribution in [3.8, 4) is 0 Å².